The van der Waals surface area contributed by atoms with Crippen LogP contribution in [0.4, 0.5) is 0 Å². The van der Waals surface area contributed by atoms with E-state index in [0.29, 0.717) is 47.0 Å². The van der Waals surface area contributed by atoms with Crippen LogP contribution in [0.3, 0.4) is 0 Å². The van der Waals surface area contributed by atoms with E-state index in [4.69, 9.17) is 27.6 Å². The molecule has 8 heteroatoms. The summed E-state index contributed by atoms with van der Waals surface area (Å²) in [5.74, 6) is 1.01. The van der Waals surface area contributed by atoms with E-state index in [1.165, 1.54) is 5.56 Å². The van der Waals surface area contributed by atoms with Crippen LogP contribution in [0, 0.1) is 6.92 Å². The number of halogens is 2. The Morgan fingerprint density at radius 3 is 2.45 bits per heavy atom. The number of rotatable bonds is 4. The predicted octanol–water partition coefficient (Wildman–Crippen LogP) is 4.31. The van der Waals surface area contributed by atoms with Gasteiger partial charge in [0.25, 0.3) is 5.91 Å². The Morgan fingerprint density at radius 1 is 1.03 bits per heavy atom. The number of hydrogen-bond acceptors (Lipinski definition) is 5. The highest BCUT2D eigenvalue weighted by Crippen LogP contribution is 2.23. The second kappa shape index (κ2) is 8.53. The largest absolute Gasteiger partial charge is 0.419 e. The SMILES string of the molecule is Cc1ccc(-c2nnc(CN3CCN(C(=O)c4ccc(Cl)cc4Cl)CC3)o2)cc1. The Hall–Kier alpha value is -2.41. The number of hydrogen-bond donors (Lipinski definition) is 0. The zero-order chi connectivity index (χ0) is 20.4. The van der Waals surface area contributed by atoms with Crippen molar-refractivity contribution in [2.45, 2.75) is 13.5 Å². The van der Waals surface area contributed by atoms with Crippen molar-refractivity contribution in [1.82, 2.24) is 20.0 Å². The van der Waals surface area contributed by atoms with Crippen molar-refractivity contribution in [3.05, 3.63) is 69.5 Å². The normalized spacial score (nSPS) is 14.9. The third-order valence-corrected chi connectivity index (χ3v) is 5.49. The lowest BCUT2D eigenvalue weighted by molar-refractivity contribution is 0.0618. The second-order valence-electron chi connectivity index (χ2n) is 7.06. The number of aryl methyl sites for hydroxylation is 1. The maximum absolute atomic E-state index is 12.7. The first-order valence-electron chi connectivity index (χ1n) is 9.36. The van der Waals surface area contributed by atoms with E-state index in [9.17, 15) is 4.79 Å². The lowest BCUT2D eigenvalue weighted by Crippen LogP contribution is -2.48. The molecule has 1 fully saturated rings. The molecule has 3 aromatic rings. The van der Waals surface area contributed by atoms with Crippen LogP contribution >= 0.6 is 23.2 Å². The predicted molar refractivity (Wildman–Crippen MR) is 112 cm³/mol. The van der Waals surface area contributed by atoms with Crippen LogP contribution < -0.4 is 0 Å². The quantitative estimate of drug-likeness (QED) is 0.616. The third-order valence-electron chi connectivity index (χ3n) is 4.95. The van der Waals surface area contributed by atoms with Crippen molar-refractivity contribution in [3.8, 4) is 11.5 Å². The van der Waals surface area contributed by atoms with Crippen LogP contribution in [0.5, 0.6) is 0 Å². The molecule has 0 N–H and O–H groups in total. The molecule has 0 saturated carbocycles. The van der Waals surface area contributed by atoms with Gasteiger partial charge < -0.3 is 9.32 Å². The summed E-state index contributed by atoms with van der Waals surface area (Å²) in [6, 6.07) is 12.9. The molecular weight excluding hydrogens is 411 g/mol. The molecule has 4 rings (SSSR count). The molecule has 1 saturated heterocycles. The molecule has 0 radical (unpaired) electrons. The summed E-state index contributed by atoms with van der Waals surface area (Å²) in [5.41, 5.74) is 2.56. The summed E-state index contributed by atoms with van der Waals surface area (Å²) in [7, 11) is 0. The fourth-order valence-corrected chi connectivity index (χ4v) is 3.75. The average Bonchev–Trinajstić information content (AvgIpc) is 3.17. The molecule has 0 aliphatic carbocycles. The van der Waals surface area contributed by atoms with Crippen molar-refractivity contribution in [3.63, 3.8) is 0 Å². The van der Waals surface area contributed by atoms with Crippen molar-refractivity contribution >= 4 is 29.1 Å². The summed E-state index contributed by atoms with van der Waals surface area (Å²) in [6.45, 7) is 5.25. The van der Waals surface area contributed by atoms with Crippen LogP contribution in [-0.4, -0.2) is 52.1 Å². The molecule has 2 aromatic carbocycles. The highest BCUT2D eigenvalue weighted by atomic mass is 35.5. The van der Waals surface area contributed by atoms with Crippen LogP contribution in [-0.2, 0) is 6.54 Å². The standard InChI is InChI=1S/C21H20Cl2N4O2/c1-14-2-4-15(5-3-14)20-25-24-19(29-20)13-26-8-10-27(11-9-26)21(28)17-7-6-16(22)12-18(17)23/h2-7,12H,8-11,13H2,1H3. The first-order valence-corrected chi connectivity index (χ1v) is 10.1. The summed E-state index contributed by atoms with van der Waals surface area (Å²) < 4.78 is 5.81. The minimum absolute atomic E-state index is 0.0780. The fourth-order valence-electron chi connectivity index (χ4n) is 3.26. The topological polar surface area (TPSA) is 62.5 Å². The first kappa shape index (κ1) is 19.9. The number of nitrogens with zero attached hydrogens (tertiary/aromatic N) is 4. The van der Waals surface area contributed by atoms with Gasteiger partial charge in [-0.1, -0.05) is 40.9 Å². The van der Waals surface area contributed by atoms with E-state index < -0.39 is 0 Å². The Balaban J connectivity index is 1.34. The van der Waals surface area contributed by atoms with Crippen LogP contribution in [0.15, 0.2) is 46.9 Å². The minimum atomic E-state index is -0.0780. The van der Waals surface area contributed by atoms with Gasteiger partial charge in [-0.3, -0.25) is 9.69 Å². The van der Waals surface area contributed by atoms with Crippen LogP contribution in [0.1, 0.15) is 21.8 Å². The van der Waals surface area contributed by atoms with Gasteiger partial charge in [0.15, 0.2) is 0 Å². The molecule has 0 spiro atoms. The summed E-state index contributed by atoms with van der Waals surface area (Å²) in [4.78, 5) is 16.7. The molecule has 1 amide bonds. The van der Waals surface area contributed by atoms with Gasteiger partial charge in [-0.15, -0.1) is 10.2 Å². The molecular formula is C21H20Cl2N4O2. The maximum atomic E-state index is 12.7. The highest BCUT2D eigenvalue weighted by molar-refractivity contribution is 6.36. The smallest absolute Gasteiger partial charge is 0.255 e. The van der Waals surface area contributed by atoms with Gasteiger partial charge in [0, 0.05) is 36.8 Å². The van der Waals surface area contributed by atoms with Crippen molar-refractivity contribution in [2.75, 3.05) is 26.2 Å². The fraction of sp³-hybridized carbons (Fsp3) is 0.286. The molecule has 29 heavy (non-hydrogen) atoms. The zero-order valence-electron chi connectivity index (χ0n) is 15.9. The van der Waals surface area contributed by atoms with Gasteiger partial charge in [-0.05, 0) is 37.3 Å². The molecule has 1 aromatic heterocycles. The van der Waals surface area contributed by atoms with E-state index in [1.54, 1.807) is 23.1 Å². The van der Waals surface area contributed by atoms with E-state index in [-0.39, 0.29) is 5.91 Å². The van der Waals surface area contributed by atoms with Crippen molar-refractivity contribution < 1.29 is 9.21 Å². The molecule has 150 valence electrons. The van der Waals surface area contributed by atoms with Crippen LogP contribution in [0.2, 0.25) is 10.0 Å². The average molecular weight is 431 g/mol. The number of amides is 1. The Morgan fingerprint density at radius 2 is 1.76 bits per heavy atom. The summed E-state index contributed by atoms with van der Waals surface area (Å²) >= 11 is 12.1. The number of benzene rings is 2. The molecule has 1 aliphatic rings. The van der Waals surface area contributed by atoms with Crippen molar-refractivity contribution in [2.24, 2.45) is 0 Å². The van der Waals surface area contributed by atoms with Crippen molar-refractivity contribution in [1.29, 1.82) is 0 Å². The lowest BCUT2D eigenvalue weighted by Gasteiger charge is -2.34. The molecule has 1 aliphatic heterocycles. The van der Waals surface area contributed by atoms with Gasteiger partial charge in [0.1, 0.15) is 0 Å². The Labute approximate surface area is 179 Å². The van der Waals surface area contributed by atoms with Gasteiger partial charge in [0.2, 0.25) is 11.8 Å². The van der Waals surface area contributed by atoms with E-state index in [1.807, 2.05) is 31.2 Å². The molecule has 2 heterocycles. The minimum Gasteiger partial charge on any atom is -0.419 e. The number of piperazine rings is 1. The second-order valence-corrected chi connectivity index (χ2v) is 7.90. The molecule has 0 bridgehead atoms. The number of aromatic nitrogens is 2. The highest BCUT2D eigenvalue weighted by Gasteiger charge is 2.24. The summed E-state index contributed by atoms with van der Waals surface area (Å²) in [5, 5.41) is 9.20. The van der Waals surface area contributed by atoms with E-state index in [0.717, 1.165) is 18.7 Å². The van der Waals surface area contributed by atoms with Crippen LogP contribution in [0.25, 0.3) is 11.5 Å². The van der Waals surface area contributed by atoms with Gasteiger partial charge in [-0.25, -0.2) is 0 Å². The van der Waals surface area contributed by atoms with Gasteiger partial charge in [0.05, 0.1) is 17.1 Å². The maximum Gasteiger partial charge on any atom is 0.255 e. The Bertz CT molecular complexity index is 1010. The van der Waals surface area contributed by atoms with E-state index >= 15 is 0 Å². The summed E-state index contributed by atoms with van der Waals surface area (Å²) in [6.07, 6.45) is 0. The molecule has 0 unspecified atom stereocenters. The van der Waals surface area contributed by atoms with Gasteiger partial charge >= 0.3 is 0 Å². The third kappa shape index (κ3) is 4.61. The zero-order valence-corrected chi connectivity index (χ0v) is 17.5. The van der Waals surface area contributed by atoms with Gasteiger partial charge in [-0.2, -0.15) is 0 Å². The molecule has 0 atom stereocenters. The Kier molecular flexibility index (Phi) is 5.85. The molecule has 6 nitrogen and oxygen atoms in total. The van der Waals surface area contributed by atoms with E-state index in [2.05, 4.69) is 15.1 Å². The lowest BCUT2D eigenvalue weighted by atomic mass is 10.1. The first-order chi connectivity index (χ1) is 14.0. The number of carbonyl (C=O) groups excluding carboxylic acids is 1. The number of carbonyl (C=O) groups is 1. The monoisotopic (exact) mass is 430 g/mol.